The Kier molecular flexibility index (Phi) is 8.41. The molecule has 0 saturated carbocycles. The van der Waals surface area contributed by atoms with Crippen molar-refractivity contribution in [1.82, 2.24) is 14.9 Å². The van der Waals surface area contributed by atoms with Gasteiger partial charge in [0.05, 0.1) is 9.82 Å². The zero-order valence-corrected chi connectivity index (χ0v) is 16.0. The van der Waals surface area contributed by atoms with Gasteiger partial charge in [0.15, 0.2) is 0 Å². The van der Waals surface area contributed by atoms with Crippen LogP contribution in [0.1, 0.15) is 19.8 Å². The molecule has 1 aromatic rings. The second-order valence-electron chi connectivity index (χ2n) is 5.67. The molecule has 11 heteroatoms. The Balaban J connectivity index is 0.00000338. The van der Waals surface area contributed by atoms with Crippen molar-refractivity contribution in [3.63, 3.8) is 0 Å². The quantitative estimate of drug-likeness (QED) is 0.375. The maximum Gasteiger partial charge on any atom is 0.270 e. The van der Waals surface area contributed by atoms with Crippen LogP contribution in [0.15, 0.2) is 29.2 Å². The van der Waals surface area contributed by atoms with Gasteiger partial charge in [0.1, 0.15) is 6.04 Å². The Labute approximate surface area is 158 Å². The van der Waals surface area contributed by atoms with Gasteiger partial charge in [-0.1, -0.05) is 13.0 Å². The molecule has 9 nitrogen and oxygen atoms in total. The van der Waals surface area contributed by atoms with E-state index in [1.165, 1.54) is 18.2 Å². The number of hydrogen-bond donors (Lipinski definition) is 2. The summed E-state index contributed by atoms with van der Waals surface area (Å²) >= 11 is 0. The molecule has 26 heavy (non-hydrogen) atoms. The molecule has 1 atom stereocenters. The van der Waals surface area contributed by atoms with Crippen LogP contribution in [-0.4, -0.2) is 55.8 Å². The van der Waals surface area contributed by atoms with Crippen molar-refractivity contribution >= 4 is 34.0 Å². The molecule has 2 rings (SSSR count). The molecule has 0 aliphatic carbocycles. The van der Waals surface area contributed by atoms with Crippen LogP contribution in [0.25, 0.3) is 0 Å². The summed E-state index contributed by atoms with van der Waals surface area (Å²) in [7, 11) is -3.97. The maximum absolute atomic E-state index is 12.8. The SMILES string of the molecule is CCNCCNC(=O)C1CCCN1S(=O)(=O)c1cccc([N+](=O)[O-])c1.Cl. The number of nitrogens with zero attached hydrogens (tertiary/aromatic N) is 2. The number of nitro benzene ring substituents is 1. The minimum atomic E-state index is -3.97. The van der Waals surface area contributed by atoms with Gasteiger partial charge in [-0.15, -0.1) is 12.4 Å². The second-order valence-corrected chi connectivity index (χ2v) is 7.56. The van der Waals surface area contributed by atoms with E-state index < -0.39 is 21.0 Å². The Morgan fingerprint density at radius 1 is 1.38 bits per heavy atom. The van der Waals surface area contributed by atoms with Gasteiger partial charge in [-0.05, 0) is 25.5 Å². The monoisotopic (exact) mass is 406 g/mol. The Morgan fingerprint density at radius 3 is 2.77 bits per heavy atom. The highest BCUT2D eigenvalue weighted by atomic mass is 35.5. The molecule has 0 bridgehead atoms. The average molecular weight is 407 g/mol. The lowest BCUT2D eigenvalue weighted by atomic mass is 10.2. The third-order valence-corrected chi connectivity index (χ3v) is 5.90. The first-order chi connectivity index (χ1) is 11.9. The molecule has 1 amide bonds. The molecule has 0 radical (unpaired) electrons. The normalized spacial score (nSPS) is 17.5. The standard InChI is InChI=1S/C15H22N4O5S.ClH/c1-2-16-8-9-17-15(20)14-7-4-10-18(14)25(23,24)13-6-3-5-12(11-13)19(21)22;/h3,5-6,11,14,16H,2,4,7-10H2,1H3,(H,17,20);1H. The van der Waals surface area contributed by atoms with Gasteiger partial charge in [-0.3, -0.25) is 14.9 Å². The first-order valence-electron chi connectivity index (χ1n) is 8.12. The van der Waals surface area contributed by atoms with Crippen molar-refractivity contribution in [1.29, 1.82) is 0 Å². The smallest absolute Gasteiger partial charge is 0.270 e. The van der Waals surface area contributed by atoms with Gasteiger partial charge >= 0.3 is 0 Å². The third kappa shape index (κ3) is 5.13. The summed E-state index contributed by atoms with van der Waals surface area (Å²) in [5, 5.41) is 16.7. The molecule has 0 aromatic heterocycles. The van der Waals surface area contributed by atoms with Crippen LogP contribution >= 0.6 is 12.4 Å². The van der Waals surface area contributed by atoms with Crippen LogP contribution in [0, 0.1) is 10.1 Å². The van der Waals surface area contributed by atoms with E-state index in [0.29, 0.717) is 25.9 Å². The van der Waals surface area contributed by atoms with E-state index in [9.17, 15) is 23.3 Å². The summed E-state index contributed by atoms with van der Waals surface area (Å²) in [5.41, 5.74) is -0.299. The number of carbonyl (C=O) groups is 1. The zero-order chi connectivity index (χ0) is 18.4. The Morgan fingerprint density at radius 2 is 2.12 bits per heavy atom. The molecule has 146 valence electrons. The van der Waals surface area contributed by atoms with E-state index in [-0.39, 0.29) is 35.4 Å². The van der Waals surface area contributed by atoms with Crippen LogP contribution in [0.3, 0.4) is 0 Å². The van der Waals surface area contributed by atoms with Crippen molar-refractivity contribution in [2.75, 3.05) is 26.2 Å². The summed E-state index contributed by atoms with van der Waals surface area (Å²) in [4.78, 5) is 22.4. The van der Waals surface area contributed by atoms with Crippen LogP contribution in [0.5, 0.6) is 0 Å². The number of hydrogen-bond acceptors (Lipinski definition) is 6. The summed E-state index contributed by atoms with van der Waals surface area (Å²) in [6.45, 7) is 3.97. The number of sulfonamides is 1. The maximum atomic E-state index is 12.8. The van der Waals surface area contributed by atoms with Crippen molar-refractivity contribution in [3.8, 4) is 0 Å². The van der Waals surface area contributed by atoms with Gasteiger partial charge in [-0.2, -0.15) is 4.31 Å². The van der Waals surface area contributed by atoms with Gasteiger partial charge < -0.3 is 10.6 Å². The lowest BCUT2D eigenvalue weighted by molar-refractivity contribution is -0.385. The topological polar surface area (TPSA) is 122 Å². The van der Waals surface area contributed by atoms with Crippen LogP contribution in [0.2, 0.25) is 0 Å². The van der Waals surface area contributed by atoms with E-state index >= 15 is 0 Å². The van der Waals surface area contributed by atoms with Crippen molar-refractivity contribution < 1.29 is 18.1 Å². The number of halogens is 1. The molecule has 1 fully saturated rings. The average Bonchev–Trinajstić information content (AvgIpc) is 3.09. The van der Waals surface area contributed by atoms with Gasteiger partial charge in [0, 0.05) is 31.8 Å². The second kappa shape index (κ2) is 9.81. The van der Waals surface area contributed by atoms with Crippen LogP contribution < -0.4 is 10.6 Å². The molecule has 2 N–H and O–H groups in total. The van der Waals surface area contributed by atoms with Gasteiger partial charge in [0.2, 0.25) is 15.9 Å². The van der Waals surface area contributed by atoms with Gasteiger partial charge in [0.25, 0.3) is 5.69 Å². The summed E-state index contributed by atoms with van der Waals surface area (Å²) < 4.78 is 26.8. The number of carbonyl (C=O) groups excluding carboxylic acids is 1. The number of likely N-dealkylation sites (N-methyl/N-ethyl adjacent to an activating group) is 1. The van der Waals surface area contributed by atoms with E-state index in [4.69, 9.17) is 0 Å². The predicted octanol–water partition coefficient (Wildman–Crippen LogP) is 0.895. The number of nitro groups is 1. The lowest BCUT2D eigenvalue weighted by Gasteiger charge is -2.23. The third-order valence-electron chi connectivity index (χ3n) is 3.99. The highest BCUT2D eigenvalue weighted by Gasteiger charge is 2.39. The van der Waals surface area contributed by atoms with E-state index in [1.807, 2.05) is 6.92 Å². The summed E-state index contributed by atoms with van der Waals surface area (Å²) in [5.74, 6) is -0.343. The van der Waals surface area contributed by atoms with Gasteiger partial charge in [-0.25, -0.2) is 8.42 Å². The molecular formula is C15H23ClN4O5S. The number of nitrogens with one attached hydrogen (secondary N) is 2. The Bertz CT molecular complexity index is 743. The number of benzene rings is 1. The van der Waals surface area contributed by atoms with E-state index in [0.717, 1.165) is 16.9 Å². The fourth-order valence-corrected chi connectivity index (χ4v) is 4.45. The predicted molar refractivity (Wildman–Crippen MR) is 98.8 cm³/mol. The molecule has 1 saturated heterocycles. The zero-order valence-electron chi connectivity index (χ0n) is 14.4. The van der Waals surface area contributed by atoms with E-state index in [2.05, 4.69) is 10.6 Å². The summed E-state index contributed by atoms with van der Waals surface area (Å²) in [6.07, 6.45) is 1.00. The van der Waals surface area contributed by atoms with Crippen LogP contribution in [-0.2, 0) is 14.8 Å². The minimum absolute atomic E-state index is 0. The highest BCUT2D eigenvalue weighted by Crippen LogP contribution is 2.27. The largest absolute Gasteiger partial charge is 0.353 e. The number of non-ortho nitro benzene ring substituents is 1. The molecule has 0 spiro atoms. The molecule has 1 heterocycles. The molecule has 1 unspecified atom stereocenters. The molecular weight excluding hydrogens is 384 g/mol. The molecule has 1 aromatic carbocycles. The number of amides is 1. The summed E-state index contributed by atoms with van der Waals surface area (Å²) in [6, 6.07) is 4.10. The molecule has 1 aliphatic rings. The highest BCUT2D eigenvalue weighted by molar-refractivity contribution is 7.89. The first-order valence-corrected chi connectivity index (χ1v) is 9.56. The van der Waals surface area contributed by atoms with Crippen molar-refractivity contribution in [2.45, 2.75) is 30.7 Å². The molecule has 1 aliphatic heterocycles. The van der Waals surface area contributed by atoms with E-state index in [1.54, 1.807) is 0 Å². The minimum Gasteiger partial charge on any atom is -0.353 e. The van der Waals surface area contributed by atoms with Crippen LogP contribution in [0.4, 0.5) is 5.69 Å². The first kappa shape index (κ1) is 22.3. The van der Waals surface area contributed by atoms with Crippen molar-refractivity contribution in [2.24, 2.45) is 0 Å². The Hall–Kier alpha value is -1.75. The fourth-order valence-electron chi connectivity index (χ4n) is 2.75. The fraction of sp³-hybridized carbons (Fsp3) is 0.533. The number of rotatable bonds is 8. The van der Waals surface area contributed by atoms with Crippen molar-refractivity contribution in [3.05, 3.63) is 34.4 Å². The lowest BCUT2D eigenvalue weighted by Crippen LogP contribution is -2.47.